The van der Waals surface area contributed by atoms with Crippen molar-refractivity contribution in [3.05, 3.63) is 29.1 Å². The van der Waals surface area contributed by atoms with E-state index >= 15 is 0 Å². The van der Waals surface area contributed by atoms with Crippen LogP contribution in [-0.2, 0) is 13.6 Å². The molecule has 0 saturated carbocycles. The molecule has 0 radical (unpaired) electrons. The van der Waals surface area contributed by atoms with E-state index in [1.165, 1.54) is 5.56 Å². The van der Waals surface area contributed by atoms with Gasteiger partial charge in [0.05, 0.1) is 5.69 Å². The van der Waals surface area contributed by atoms with E-state index in [0.29, 0.717) is 11.6 Å². The minimum Gasteiger partial charge on any atom is -0.308 e. The Morgan fingerprint density at radius 2 is 2.46 bits per heavy atom. The van der Waals surface area contributed by atoms with Crippen LogP contribution in [0.15, 0.2) is 17.8 Å². The molecular formula is C9H14ClN3. The van der Waals surface area contributed by atoms with Crippen molar-refractivity contribution in [2.45, 2.75) is 13.5 Å². The average molecular weight is 200 g/mol. The molecule has 13 heavy (non-hydrogen) atoms. The quantitative estimate of drug-likeness (QED) is 0.798. The number of halogens is 1. The number of hydrogen-bond donors (Lipinski definition) is 1. The molecule has 1 N–H and O–H groups in total. The maximum Gasteiger partial charge on any atom is 0.0638 e. The Morgan fingerprint density at radius 3 is 2.92 bits per heavy atom. The van der Waals surface area contributed by atoms with Gasteiger partial charge in [0.2, 0.25) is 0 Å². The molecule has 1 heterocycles. The van der Waals surface area contributed by atoms with E-state index in [-0.39, 0.29) is 0 Å². The molecule has 0 aromatic carbocycles. The Labute approximate surface area is 83.4 Å². The van der Waals surface area contributed by atoms with Gasteiger partial charge in [-0.2, -0.15) is 5.10 Å². The minimum absolute atomic E-state index is 0.626. The number of aryl methyl sites for hydroxylation is 2. The van der Waals surface area contributed by atoms with Crippen molar-refractivity contribution in [1.29, 1.82) is 0 Å². The molecule has 0 aliphatic rings. The van der Waals surface area contributed by atoms with Crippen molar-refractivity contribution < 1.29 is 0 Å². The van der Waals surface area contributed by atoms with E-state index in [9.17, 15) is 0 Å². The van der Waals surface area contributed by atoms with E-state index in [1.54, 1.807) is 0 Å². The molecule has 0 amide bonds. The molecule has 1 aromatic heterocycles. The summed E-state index contributed by atoms with van der Waals surface area (Å²) in [6.45, 7) is 7.01. The third-order valence-corrected chi connectivity index (χ3v) is 1.88. The summed E-state index contributed by atoms with van der Waals surface area (Å²) in [7, 11) is 1.91. The summed E-state index contributed by atoms with van der Waals surface area (Å²) < 4.78 is 1.81. The van der Waals surface area contributed by atoms with Gasteiger partial charge >= 0.3 is 0 Å². The molecule has 4 heteroatoms. The fraction of sp³-hybridized carbons (Fsp3) is 0.444. The zero-order valence-corrected chi connectivity index (χ0v) is 8.73. The molecule has 1 rings (SSSR count). The first kappa shape index (κ1) is 10.3. The van der Waals surface area contributed by atoms with Gasteiger partial charge in [0.1, 0.15) is 0 Å². The summed E-state index contributed by atoms with van der Waals surface area (Å²) in [5.41, 5.74) is 2.25. The lowest BCUT2D eigenvalue weighted by Crippen LogP contribution is -2.14. The summed E-state index contributed by atoms with van der Waals surface area (Å²) in [4.78, 5) is 0. The molecule has 0 aliphatic heterocycles. The lowest BCUT2D eigenvalue weighted by atomic mass is 10.2. The number of nitrogens with zero attached hydrogens (tertiary/aromatic N) is 2. The summed E-state index contributed by atoms with van der Waals surface area (Å²) in [6.07, 6.45) is 2.00. The zero-order chi connectivity index (χ0) is 9.84. The highest BCUT2D eigenvalue weighted by atomic mass is 35.5. The van der Waals surface area contributed by atoms with Crippen molar-refractivity contribution in [2.24, 2.45) is 7.05 Å². The normalized spacial score (nSPS) is 10.4. The Hall–Kier alpha value is -0.800. The molecule has 0 bridgehead atoms. The number of nitrogens with one attached hydrogen (secondary N) is 1. The van der Waals surface area contributed by atoms with Crippen LogP contribution in [0.5, 0.6) is 0 Å². The molecule has 72 valence electrons. The topological polar surface area (TPSA) is 29.9 Å². The van der Waals surface area contributed by atoms with Crippen LogP contribution in [0.1, 0.15) is 11.3 Å². The fourth-order valence-electron chi connectivity index (χ4n) is 1.16. The highest BCUT2D eigenvalue weighted by molar-refractivity contribution is 6.29. The van der Waals surface area contributed by atoms with Gasteiger partial charge in [0, 0.05) is 36.9 Å². The van der Waals surface area contributed by atoms with Gasteiger partial charge in [-0.15, -0.1) is 0 Å². The second kappa shape index (κ2) is 4.44. The van der Waals surface area contributed by atoms with Gasteiger partial charge in [-0.05, 0) is 6.92 Å². The third kappa shape index (κ3) is 3.20. The smallest absolute Gasteiger partial charge is 0.0638 e. The van der Waals surface area contributed by atoms with Crippen molar-refractivity contribution in [3.8, 4) is 0 Å². The number of aromatic nitrogens is 2. The van der Waals surface area contributed by atoms with Crippen LogP contribution in [0, 0.1) is 6.92 Å². The van der Waals surface area contributed by atoms with Gasteiger partial charge in [-0.25, -0.2) is 0 Å². The molecule has 3 nitrogen and oxygen atoms in total. The van der Waals surface area contributed by atoms with Crippen LogP contribution in [0.25, 0.3) is 0 Å². The first-order valence-electron chi connectivity index (χ1n) is 4.12. The first-order chi connectivity index (χ1) is 6.09. The second-order valence-corrected chi connectivity index (χ2v) is 3.57. The van der Waals surface area contributed by atoms with Crippen LogP contribution in [0.2, 0.25) is 0 Å². The predicted octanol–water partition coefficient (Wildman–Crippen LogP) is 1.57. The SMILES string of the molecule is C=C(Cl)CNCc1cn(C)nc1C. The van der Waals surface area contributed by atoms with Crippen molar-refractivity contribution in [2.75, 3.05) is 6.54 Å². The van der Waals surface area contributed by atoms with E-state index in [1.807, 2.05) is 24.9 Å². The number of hydrogen-bond acceptors (Lipinski definition) is 2. The maximum absolute atomic E-state index is 5.61. The molecule has 0 aliphatic carbocycles. The van der Waals surface area contributed by atoms with E-state index in [2.05, 4.69) is 17.0 Å². The molecule has 0 unspecified atom stereocenters. The molecular weight excluding hydrogens is 186 g/mol. The van der Waals surface area contributed by atoms with Gasteiger partial charge in [0.25, 0.3) is 0 Å². The summed E-state index contributed by atoms with van der Waals surface area (Å²) in [5, 5.41) is 8.03. The monoisotopic (exact) mass is 199 g/mol. The van der Waals surface area contributed by atoms with Crippen LogP contribution in [0.4, 0.5) is 0 Å². The van der Waals surface area contributed by atoms with Gasteiger partial charge < -0.3 is 5.32 Å². The minimum atomic E-state index is 0.626. The van der Waals surface area contributed by atoms with Gasteiger partial charge in [0.15, 0.2) is 0 Å². The van der Waals surface area contributed by atoms with Gasteiger partial charge in [-0.1, -0.05) is 18.2 Å². The van der Waals surface area contributed by atoms with Crippen LogP contribution in [0.3, 0.4) is 0 Å². The average Bonchev–Trinajstić information content (AvgIpc) is 2.29. The lowest BCUT2D eigenvalue weighted by molar-refractivity contribution is 0.747. The highest BCUT2D eigenvalue weighted by Gasteiger charge is 2.01. The van der Waals surface area contributed by atoms with Crippen LogP contribution >= 0.6 is 11.6 Å². The summed E-state index contributed by atoms with van der Waals surface area (Å²) in [5.74, 6) is 0. The molecule has 0 atom stereocenters. The molecule has 0 spiro atoms. The predicted molar refractivity (Wildman–Crippen MR) is 54.6 cm³/mol. The van der Waals surface area contributed by atoms with Crippen molar-refractivity contribution in [1.82, 2.24) is 15.1 Å². The van der Waals surface area contributed by atoms with E-state index in [0.717, 1.165) is 12.2 Å². The van der Waals surface area contributed by atoms with E-state index in [4.69, 9.17) is 11.6 Å². The Bertz CT molecular complexity index is 304. The Kier molecular flexibility index (Phi) is 3.51. The molecule has 0 saturated heterocycles. The third-order valence-electron chi connectivity index (χ3n) is 1.75. The molecule has 1 aromatic rings. The zero-order valence-electron chi connectivity index (χ0n) is 7.97. The lowest BCUT2D eigenvalue weighted by Gasteiger charge is -2.00. The van der Waals surface area contributed by atoms with Crippen LogP contribution < -0.4 is 5.32 Å². The Morgan fingerprint density at radius 1 is 1.77 bits per heavy atom. The van der Waals surface area contributed by atoms with E-state index < -0.39 is 0 Å². The standard InChI is InChI=1S/C9H14ClN3/c1-7(10)4-11-5-9-6-13(3)12-8(9)2/h6,11H,1,4-5H2,2-3H3. The van der Waals surface area contributed by atoms with Crippen molar-refractivity contribution >= 4 is 11.6 Å². The molecule has 0 fully saturated rings. The highest BCUT2D eigenvalue weighted by Crippen LogP contribution is 2.04. The summed E-state index contributed by atoms with van der Waals surface area (Å²) in [6, 6.07) is 0. The van der Waals surface area contributed by atoms with Gasteiger partial charge in [-0.3, -0.25) is 4.68 Å². The number of rotatable bonds is 4. The van der Waals surface area contributed by atoms with Crippen molar-refractivity contribution in [3.63, 3.8) is 0 Å². The Balaban J connectivity index is 2.45. The van der Waals surface area contributed by atoms with Crippen LogP contribution in [-0.4, -0.2) is 16.3 Å². The maximum atomic E-state index is 5.61. The summed E-state index contributed by atoms with van der Waals surface area (Å²) >= 11 is 5.61. The first-order valence-corrected chi connectivity index (χ1v) is 4.50. The largest absolute Gasteiger partial charge is 0.308 e. The second-order valence-electron chi connectivity index (χ2n) is 3.03. The fourth-order valence-corrected chi connectivity index (χ4v) is 1.25.